The van der Waals surface area contributed by atoms with Crippen LogP contribution in [0.4, 0.5) is 11.6 Å². The number of anilines is 2. The summed E-state index contributed by atoms with van der Waals surface area (Å²) in [7, 11) is -4.77. The Morgan fingerprint density at radius 1 is 0.789 bits per heavy atom. The molecule has 0 fully saturated rings. The molecule has 0 radical (unpaired) electrons. The number of hydrogen-bond acceptors (Lipinski definition) is 12. The number of sulfonamides is 2. The Kier molecular flexibility index (Phi) is 10.5. The third kappa shape index (κ3) is 8.10. The summed E-state index contributed by atoms with van der Waals surface area (Å²) in [6.45, 7) is 0. The van der Waals surface area contributed by atoms with Crippen molar-refractivity contribution in [2.24, 2.45) is 0 Å². The fourth-order valence-electron chi connectivity index (χ4n) is 2.38. The molecule has 0 saturated carbocycles. The van der Waals surface area contributed by atoms with Gasteiger partial charge in [-0.3, -0.25) is 9.44 Å². The fraction of sp³-hybridized carbons (Fsp3) is 0.111. The van der Waals surface area contributed by atoms with Gasteiger partial charge < -0.3 is 9.47 Å². The first-order chi connectivity index (χ1) is 17.8. The van der Waals surface area contributed by atoms with Crippen molar-refractivity contribution in [1.29, 1.82) is 0 Å². The van der Waals surface area contributed by atoms with Gasteiger partial charge in [0.2, 0.25) is 11.6 Å². The van der Waals surface area contributed by atoms with Gasteiger partial charge in [0.05, 0.1) is 34.7 Å². The van der Waals surface area contributed by atoms with E-state index in [4.69, 9.17) is 32.7 Å². The molecule has 0 aliphatic rings. The van der Waals surface area contributed by atoms with Crippen molar-refractivity contribution >= 4 is 109 Å². The molecule has 0 amide bonds. The molecule has 0 bridgehead atoms. The number of ether oxygens (including phenoxy) is 2. The second-order valence-corrected chi connectivity index (χ2v) is 15.6. The van der Waals surface area contributed by atoms with Crippen LogP contribution in [0.5, 0.6) is 11.8 Å². The van der Waals surface area contributed by atoms with Crippen LogP contribution in [-0.4, -0.2) is 51.0 Å². The van der Waals surface area contributed by atoms with Gasteiger partial charge in [-0.1, -0.05) is 23.2 Å². The number of nitrogens with one attached hydrogen (secondary N) is 2. The van der Waals surface area contributed by atoms with Gasteiger partial charge in [-0.2, -0.15) is 0 Å². The zero-order valence-corrected chi connectivity index (χ0v) is 26.8. The van der Waals surface area contributed by atoms with Crippen LogP contribution in [0.25, 0.3) is 0 Å². The average Bonchev–Trinajstić information content (AvgIpc) is 3.50. The molecule has 204 valence electrons. The molecule has 2 N–H and O–H groups in total. The molecule has 4 heterocycles. The molecule has 4 aromatic rings. The first-order valence-corrected chi connectivity index (χ1v) is 16.5. The summed E-state index contributed by atoms with van der Waals surface area (Å²) in [6, 6.07) is 6.03. The summed E-state index contributed by atoms with van der Waals surface area (Å²) in [5.74, 6) is 0.0685. The lowest BCUT2D eigenvalue weighted by molar-refractivity contribution is 0.397. The number of nitrogens with zero attached hydrogens (tertiary/aromatic N) is 4. The normalized spacial score (nSPS) is 11.3. The molecule has 12 nitrogen and oxygen atoms in total. The second-order valence-electron chi connectivity index (χ2n) is 6.43. The van der Waals surface area contributed by atoms with Crippen molar-refractivity contribution < 1.29 is 26.3 Å². The largest absolute Gasteiger partial charge is 0.478 e. The lowest BCUT2D eigenvalue weighted by Gasteiger charge is -2.08. The maximum atomic E-state index is 12.1. The van der Waals surface area contributed by atoms with E-state index in [1.807, 2.05) is 0 Å². The molecular weight excluding hydrogens is 755 g/mol. The minimum atomic E-state index is -3.80. The molecule has 0 unspecified atom stereocenters. The van der Waals surface area contributed by atoms with E-state index in [-0.39, 0.29) is 37.0 Å². The van der Waals surface area contributed by atoms with Crippen molar-refractivity contribution in [3.63, 3.8) is 0 Å². The number of methoxy groups -OCH3 is 2. The predicted molar refractivity (Wildman–Crippen MR) is 153 cm³/mol. The molecule has 0 aliphatic heterocycles. The lowest BCUT2D eigenvalue weighted by atomic mass is 10.6. The van der Waals surface area contributed by atoms with Crippen molar-refractivity contribution in [2.75, 3.05) is 23.7 Å². The summed E-state index contributed by atoms with van der Waals surface area (Å²) >= 11 is 19.7. The quantitative estimate of drug-likeness (QED) is 0.233. The van der Waals surface area contributed by atoms with Gasteiger partial charge in [-0.25, -0.2) is 36.8 Å². The van der Waals surface area contributed by atoms with E-state index in [1.165, 1.54) is 44.8 Å². The van der Waals surface area contributed by atoms with Crippen molar-refractivity contribution in [2.45, 2.75) is 8.42 Å². The molecule has 0 aliphatic carbocycles. The van der Waals surface area contributed by atoms with E-state index in [2.05, 4.69) is 61.2 Å². The topological polar surface area (TPSA) is 162 Å². The number of halogens is 4. The highest BCUT2D eigenvalue weighted by Gasteiger charge is 2.21. The van der Waals surface area contributed by atoms with Gasteiger partial charge in [0.25, 0.3) is 31.8 Å². The first-order valence-electron chi connectivity index (χ1n) is 9.54. The van der Waals surface area contributed by atoms with E-state index in [9.17, 15) is 16.8 Å². The second kappa shape index (κ2) is 13.0. The highest BCUT2D eigenvalue weighted by atomic mass is 79.9. The Morgan fingerprint density at radius 3 is 1.95 bits per heavy atom. The standard InChI is InChI=1S/C9H7Br2N3O3S2.C9H7Cl2N3O3S2/c1-17-9-8(12-4-5(10)13-9)14-19(15,16)7-3-2-6(11)18-7;1-17-9-8(13-5(10)4-12-9)14-19(15,16)7-3-2-6(11)18-7/h2-4H,1H3,(H,12,14);2-4H,1H3,(H,13,14). The van der Waals surface area contributed by atoms with Gasteiger partial charge in [0.15, 0.2) is 0 Å². The van der Waals surface area contributed by atoms with Crippen LogP contribution in [-0.2, 0) is 20.0 Å². The zero-order chi connectivity index (χ0) is 28.1. The summed E-state index contributed by atoms with van der Waals surface area (Å²) in [6.07, 6.45) is 2.63. The lowest BCUT2D eigenvalue weighted by Crippen LogP contribution is -2.14. The summed E-state index contributed by atoms with van der Waals surface area (Å²) in [4.78, 5) is 15.5. The smallest absolute Gasteiger partial charge is 0.272 e. The summed E-state index contributed by atoms with van der Waals surface area (Å²) in [5, 5.41) is 0.0442. The Hall–Kier alpha value is -1.80. The summed E-state index contributed by atoms with van der Waals surface area (Å²) < 4.78 is 64.6. The van der Waals surface area contributed by atoms with Crippen molar-refractivity contribution in [3.8, 4) is 11.8 Å². The predicted octanol–water partition coefficient (Wildman–Crippen LogP) is 5.53. The Balaban J connectivity index is 0.000000211. The van der Waals surface area contributed by atoms with E-state index >= 15 is 0 Å². The van der Waals surface area contributed by atoms with Crippen LogP contribution in [0, 0.1) is 0 Å². The molecule has 38 heavy (non-hydrogen) atoms. The SMILES string of the molecule is COc1nc(Br)cnc1NS(=O)(=O)c1ccc(Br)s1.COc1ncc(Cl)nc1NS(=O)(=O)c1ccc(Cl)s1. The number of rotatable bonds is 8. The minimum absolute atomic E-state index is 0.0237. The maximum Gasteiger partial charge on any atom is 0.272 e. The van der Waals surface area contributed by atoms with Gasteiger partial charge >= 0.3 is 0 Å². The third-order valence-corrected chi connectivity index (χ3v) is 11.0. The van der Waals surface area contributed by atoms with Gasteiger partial charge in [0, 0.05) is 0 Å². The van der Waals surface area contributed by atoms with Gasteiger partial charge in [0.1, 0.15) is 18.2 Å². The van der Waals surface area contributed by atoms with Crippen LogP contribution in [0.15, 0.2) is 53.5 Å². The monoisotopic (exact) mass is 766 g/mol. The molecule has 0 atom stereocenters. The third-order valence-electron chi connectivity index (χ3n) is 3.90. The maximum absolute atomic E-state index is 12.1. The Bertz CT molecular complexity index is 1650. The number of hydrogen-bond donors (Lipinski definition) is 2. The van der Waals surface area contributed by atoms with Crippen LogP contribution < -0.4 is 18.9 Å². The molecule has 4 aromatic heterocycles. The minimum Gasteiger partial charge on any atom is -0.478 e. The van der Waals surface area contributed by atoms with Crippen molar-refractivity contribution in [3.05, 3.63) is 54.5 Å². The van der Waals surface area contributed by atoms with Crippen molar-refractivity contribution in [1.82, 2.24) is 19.9 Å². The van der Waals surface area contributed by atoms with Crippen LogP contribution in [0.1, 0.15) is 0 Å². The van der Waals surface area contributed by atoms with Crippen LogP contribution >= 0.6 is 77.7 Å². The van der Waals surface area contributed by atoms with E-state index in [0.29, 0.717) is 8.94 Å². The zero-order valence-electron chi connectivity index (χ0n) is 18.8. The molecule has 0 spiro atoms. The first kappa shape index (κ1) is 30.7. The Labute approximate surface area is 252 Å². The highest BCUT2D eigenvalue weighted by Crippen LogP contribution is 2.30. The molecular formula is C18H14Br2Cl2N6O6S4. The molecule has 0 aromatic carbocycles. The summed E-state index contributed by atoms with van der Waals surface area (Å²) in [5.41, 5.74) is 0. The fourth-order valence-corrected chi connectivity index (χ4v) is 8.27. The van der Waals surface area contributed by atoms with E-state index in [0.717, 1.165) is 26.5 Å². The Morgan fingerprint density at radius 2 is 1.39 bits per heavy atom. The number of aromatic nitrogens is 4. The van der Waals surface area contributed by atoms with Gasteiger partial charge in [-0.15, -0.1) is 22.7 Å². The van der Waals surface area contributed by atoms with E-state index < -0.39 is 20.0 Å². The van der Waals surface area contributed by atoms with Crippen LogP contribution in [0.3, 0.4) is 0 Å². The van der Waals surface area contributed by atoms with Gasteiger partial charge in [-0.05, 0) is 56.1 Å². The molecule has 0 saturated heterocycles. The van der Waals surface area contributed by atoms with Crippen LogP contribution in [0.2, 0.25) is 9.49 Å². The highest BCUT2D eigenvalue weighted by molar-refractivity contribution is 9.11. The number of thiophene rings is 2. The average molecular weight is 769 g/mol. The molecule has 20 heteroatoms. The molecule has 4 rings (SSSR count). The van der Waals surface area contributed by atoms with E-state index in [1.54, 1.807) is 6.07 Å².